The topological polar surface area (TPSA) is 50.9 Å². The molecule has 4 heteroatoms. The maximum absolute atomic E-state index is 5.53. The Kier molecular flexibility index (Phi) is 3.81. The van der Waals surface area contributed by atoms with Gasteiger partial charge >= 0.3 is 0 Å². The number of aryl methyl sites for hydroxylation is 3. The lowest BCUT2D eigenvalue weighted by molar-refractivity contribution is 1.27. The van der Waals surface area contributed by atoms with Crippen LogP contribution in [0.2, 0.25) is 0 Å². The monoisotopic (exact) mass is 271 g/mol. The van der Waals surface area contributed by atoms with Crippen LogP contribution in [0.5, 0.6) is 0 Å². The molecule has 0 aliphatic carbocycles. The molecule has 0 spiro atoms. The highest BCUT2D eigenvalue weighted by molar-refractivity contribution is 7.80. The molecule has 3 N–H and O–H groups in total. The fraction of sp³-hybridized carbons (Fsp3) is 0.200. The lowest BCUT2D eigenvalue weighted by Crippen LogP contribution is -2.11. The van der Waals surface area contributed by atoms with E-state index in [-0.39, 0.29) is 0 Å². The number of aromatic nitrogens is 1. The van der Waals surface area contributed by atoms with E-state index in [9.17, 15) is 0 Å². The molecule has 0 unspecified atom stereocenters. The van der Waals surface area contributed by atoms with Crippen molar-refractivity contribution in [2.45, 2.75) is 20.8 Å². The van der Waals surface area contributed by atoms with Gasteiger partial charge in [-0.05, 0) is 44.0 Å². The average Bonchev–Trinajstić information content (AvgIpc) is 2.34. The number of rotatable bonds is 3. The number of hydrogen-bond donors (Lipinski definition) is 2. The molecule has 0 amide bonds. The summed E-state index contributed by atoms with van der Waals surface area (Å²) in [6, 6.07) is 8.07. The third-order valence-electron chi connectivity index (χ3n) is 2.96. The molecule has 0 aliphatic rings. The molecule has 0 saturated heterocycles. The van der Waals surface area contributed by atoms with E-state index in [4.69, 9.17) is 18.0 Å². The molecule has 1 aromatic heterocycles. The van der Waals surface area contributed by atoms with Crippen molar-refractivity contribution in [3.63, 3.8) is 0 Å². The first kappa shape index (κ1) is 13.5. The number of pyridine rings is 1. The van der Waals surface area contributed by atoms with Crippen LogP contribution in [-0.2, 0) is 0 Å². The summed E-state index contributed by atoms with van der Waals surface area (Å²) in [5.41, 5.74) is 11.9. The van der Waals surface area contributed by atoms with E-state index in [1.165, 1.54) is 16.7 Å². The first-order chi connectivity index (χ1) is 8.97. The zero-order valence-electron chi connectivity index (χ0n) is 11.3. The molecular weight excluding hydrogens is 254 g/mol. The van der Waals surface area contributed by atoms with Crippen LogP contribution in [0.1, 0.15) is 22.4 Å². The summed E-state index contributed by atoms with van der Waals surface area (Å²) in [6.45, 7) is 6.29. The second-order valence-corrected chi connectivity index (χ2v) is 5.13. The van der Waals surface area contributed by atoms with E-state index < -0.39 is 0 Å². The molecule has 0 bridgehead atoms. The van der Waals surface area contributed by atoms with Crippen molar-refractivity contribution < 1.29 is 0 Å². The summed E-state index contributed by atoms with van der Waals surface area (Å²) >= 11 is 4.89. The first-order valence-electron chi connectivity index (χ1n) is 6.08. The molecule has 1 aromatic carbocycles. The third kappa shape index (κ3) is 3.09. The molecular formula is C15H17N3S. The highest BCUT2D eigenvalue weighted by atomic mass is 32.1. The van der Waals surface area contributed by atoms with E-state index in [1.807, 2.05) is 12.1 Å². The Bertz CT molecular complexity index is 595. The Hall–Kier alpha value is -1.94. The van der Waals surface area contributed by atoms with E-state index in [2.05, 4.69) is 43.2 Å². The number of hydrogen-bond acceptors (Lipinski definition) is 3. The first-order valence-corrected chi connectivity index (χ1v) is 6.49. The quantitative estimate of drug-likeness (QED) is 0.840. The van der Waals surface area contributed by atoms with Crippen molar-refractivity contribution in [3.8, 4) is 0 Å². The third-order valence-corrected chi connectivity index (χ3v) is 3.17. The largest absolute Gasteiger partial charge is 0.388 e. The van der Waals surface area contributed by atoms with Crippen LogP contribution in [0.15, 0.2) is 30.5 Å². The van der Waals surface area contributed by atoms with Gasteiger partial charge in [0.2, 0.25) is 0 Å². The number of nitrogens with two attached hydrogens (primary N) is 1. The molecule has 0 radical (unpaired) electrons. The van der Waals surface area contributed by atoms with Crippen LogP contribution in [0.4, 0.5) is 11.4 Å². The van der Waals surface area contributed by atoms with Gasteiger partial charge in [-0.15, -0.1) is 0 Å². The Balaban J connectivity index is 2.29. The maximum atomic E-state index is 5.53. The second kappa shape index (κ2) is 5.36. The van der Waals surface area contributed by atoms with Crippen LogP contribution in [0.3, 0.4) is 0 Å². The van der Waals surface area contributed by atoms with Crippen molar-refractivity contribution in [1.82, 2.24) is 4.98 Å². The smallest absolute Gasteiger partial charge is 0.122 e. The summed E-state index contributed by atoms with van der Waals surface area (Å²) < 4.78 is 0. The van der Waals surface area contributed by atoms with Crippen LogP contribution < -0.4 is 11.1 Å². The normalized spacial score (nSPS) is 10.3. The fourth-order valence-electron chi connectivity index (χ4n) is 2.14. The molecule has 0 atom stereocenters. The van der Waals surface area contributed by atoms with Gasteiger partial charge in [0.15, 0.2) is 0 Å². The Labute approximate surface area is 118 Å². The Morgan fingerprint density at radius 2 is 1.79 bits per heavy atom. The van der Waals surface area contributed by atoms with Crippen LogP contribution >= 0.6 is 12.2 Å². The minimum Gasteiger partial charge on any atom is -0.388 e. The molecule has 0 fully saturated rings. The van der Waals surface area contributed by atoms with E-state index in [1.54, 1.807) is 6.20 Å². The zero-order chi connectivity index (χ0) is 14.0. The summed E-state index contributed by atoms with van der Waals surface area (Å²) in [6.07, 6.45) is 1.74. The number of nitrogens with zero attached hydrogens (tertiary/aromatic N) is 1. The lowest BCUT2D eigenvalue weighted by atomic mass is 10.0. The van der Waals surface area contributed by atoms with Gasteiger partial charge in [0, 0.05) is 5.69 Å². The number of nitrogens with one attached hydrogen (secondary N) is 1. The fourth-order valence-corrected chi connectivity index (χ4v) is 2.26. The molecule has 2 aromatic rings. The predicted molar refractivity (Wildman–Crippen MR) is 84.1 cm³/mol. The standard InChI is InChI=1S/C15H17N3S/c1-9-6-10(2)14(11(3)7-9)18-12-4-5-13(15(16)19)17-8-12/h4-8,18H,1-3H3,(H2,16,19). The van der Waals surface area contributed by atoms with Gasteiger partial charge in [-0.2, -0.15) is 0 Å². The summed E-state index contributed by atoms with van der Waals surface area (Å²) in [7, 11) is 0. The van der Waals surface area contributed by atoms with Gasteiger partial charge in [-0.3, -0.25) is 4.98 Å². The maximum Gasteiger partial charge on any atom is 0.122 e. The Morgan fingerprint density at radius 1 is 1.16 bits per heavy atom. The van der Waals surface area contributed by atoms with Gasteiger partial charge in [0.25, 0.3) is 0 Å². The van der Waals surface area contributed by atoms with Crippen molar-refractivity contribution in [3.05, 3.63) is 52.8 Å². The van der Waals surface area contributed by atoms with Gasteiger partial charge in [-0.25, -0.2) is 0 Å². The van der Waals surface area contributed by atoms with E-state index in [0.717, 1.165) is 11.4 Å². The molecule has 19 heavy (non-hydrogen) atoms. The highest BCUT2D eigenvalue weighted by Crippen LogP contribution is 2.25. The van der Waals surface area contributed by atoms with Crippen molar-refractivity contribution in [2.75, 3.05) is 5.32 Å². The minimum absolute atomic E-state index is 0.314. The number of benzene rings is 1. The number of thiocarbonyl (C=S) groups is 1. The molecule has 3 nitrogen and oxygen atoms in total. The molecule has 2 rings (SSSR count). The predicted octanol–water partition coefficient (Wildman–Crippen LogP) is 3.38. The number of anilines is 2. The van der Waals surface area contributed by atoms with Crippen LogP contribution in [-0.4, -0.2) is 9.97 Å². The minimum atomic E-state index is 0.314. The van der Waals surface area contributed by atoms with Gasteiger partial charge in [0.05, 0.1) is 17.6 Å². The molecule has 0 saturated carbocycles. The summed E-state index contributed by atoms with van der Waals surface area (Å²) in [4.78, 5) is 4.54. The van der Waals surface area contributed by atoms with Crippen molar-refractivity contribution >= 4 is 28.6 Å². The van der Waals surface area contributed by atoms with Crippen LogP contribution in [0, 0.1) is 20.8 Å². The highest BCUT2D eigenvalue weighted by Gasteiger charge is 2.05. The van der Waals surface area contributed by atoms with Crippen molar-refractivity contribution in [2.24, 2.45) is 5.73 Å². The van der Waals surface area contributed by atoms with Crippen molar-refractivity contribution in [1.29, 1.82) is 0 Å². The van der Waals surface area contributed by atoms with E-state index in [0.29, 0.717) is 10.7 Å². The van der Waals surface area contributed by atoms with E-state index >= 15 is 0 Å². The van der Waals surface area contributed by atoms with Gasteiger partial charge in [0.1, 0.15) is 4.99 Å². The SMILES string of the molecule is Cc1cc(C)c(Nc2ccc(C(N)=S)nc2)c(C)c1. The zero-order valence-corrected chi connectivity index (χ0v) is 12.1. The summed E-state index contributed by atoms with van der Waals surface area (Å²) in [5, 5.41) is 3.39. The van der Waals surface area contributed by atoms with Gasteiger partial charge in [-0.1, -0.05) is 29.9 Å². The summed E-state index contributed by atoms with van der Waals surface area (Å²) in [5.74, 6) is 0. The lowest BCUT2D eigenvalue weighted by Gasteiger charge is -2.13. The molecule has 0 aliphatic heterocycles. The second-order valence-electron chi connectivity index (χ2n) is 4.70. The van der Waals surface area contributed by atoms with Gasteiger partial charge < -0.3 is 11.1 Å². The molecule has 1 heterocycles. The van der Waals surface area contributed by atoms with Crippen LogP contribution in [0.25, 0.3) is 0 Å². The average molecular weight is 271 g/mol. The Morgan fingerprint density at radius 3 is 2.26 bits per heavy atom. The molecule has 98 valence electrons.